The normalized spacial score (nSPS) is 36.1. The second-order valence-corrected chi connectivity index (χ2v) is 9.78. The van der Waals surface area contributed by atoms with E-state index < -0.39 is 11.4 Å². The van der Waals surface area contributed by atoms with E-state index in [2.05, 4.69) is 0 Å². The lowest BCUT2D eigenvalue weighted by Crippen LogP contribution is -2.80. The molecule has 1 aromatic rings. The molecule has 4 nitrogen and oxygen atoms in total. The van der Waals surface area contributed by atoms with Crippen molar-refractivity contribution in [3.63, 3.8) is 0 Å². The second kappa shape index (κ2) is 5.69. The lowest BCUT2D eigenvalue weighted by molar-refractivity contribution is -0.230. The highest BCUT2D eigenvalue weighted by Gasteiger charge is 2.62. The Labute approximate surface area is 163 Å². The Balaban J connectivity index is 1.49. The highest BCUT2D eigenvalue weighted by molar-refractivity contribution is 6.34. The van der Waals surface area contributed by atoms with Crippen molar-refractivity contribution in [1.29, 1.82) is 0 Å². The van der Waals surface area contributed by atoms with Crippen LogP contribution in [0.2, 0.25) is 5.02 Å². The van der Waals surface area contributed by atoms with Gasteiger partial charge in [-0.1, -0.05) is 11.6 Å². The summed E-state index contributed by atoms with van der Waals surface area (Å²) in [6, 6.07) is 3.91. The number of carbonyl (C=O) groups is 2. The first-order chi connectivity index (χ1) is 12.8. The van der Waals surface area contributed by atoms with Gasteiger partial charge in [-0.3, -0.25) is 9.59 Å². The zero-order valence-corrected chi connectivity index (χ0v) is 16.4. The van der Waals surface area contributed by atoms with Crippen LogP contribution in [0.5, 0.6) is 0 Å². The number of hydrogen-bond donors (Lipinski definition) is 0. The third-order valence-electron chi connectivity index (χ3n) is 7.29. The third-order valence-corrected chi connectivity index (χ3v) is 7.60. The highest BCUT2D eigenvalue weighted by Crippen LogP contribution is 2.57. The molecule has 1 aromatic carbocycles. The summed E-state index contributed by atoms with van der Waals surface area (Å²) in [7, 11) is 0. The predicted octanol–water partition coefficient (Wildman–Crippen LogP) is 4.28. The van der Waals surface area contributed by atoms with Gasteiger partial charge in [0.25, 0.3) is 11.8 Å². The monoisotopic (exact) mass is 390 g/mol. The quantitative estimate of drug-likeness (QED) is 0.756. The third kappa shape index (κ3) is 2.40. The molecule has 0 aromatic heterocycles. The molecule has 4 aliphatic carbocycles. The zero-order chi connectivity index (χ0) is 19.1. The summed E-state index contributed by atoms with van der Waals surface area (Å²) in [6.07, 6.45) is 6.01. The van der Waals surface area contributed by atoms with Gasteiger partial charge < -0.3 is 0 Å². The number of hydrogen-bond acceptors (Lipinski definition) is 2. The molecule has 144 valence electrons. The highest BCUT2D eigenvalue weighted by atomic mass is 35.5. The van der Waals surface area contributed by atoms with Gasteiger partial charge in [0.2, 0.25) is 0 Å². The van der Waals surface area contributed by atoms with Crippen LogP contribution in [0.15, 0.2) is 18.2 Å². The van der Waals surface area contributed by atoms with Gasteiger partial charge in [0.15, 0.2) is 0 Å². The van der Waals surface area contributed by atoms with Crippen LogP contribution in [-0.2, 0) is 4.79 Å². The number of rotatable bonds is 2. The number of carbonyl (C=O) groups excluding carboxylic acids is 2. The number of nitrogens with zero attached hydrogens (tertiary/aromatic N) is 2. The van der Waals surface area contributed by atoms with Gasteiger partial charge >= 0.3 is 0 Å². The van der Waals surface area contributed by atoms with Crippen LogP contribution in [0.4, 0.5) is 4.39 Å². The average Bonchev–Trinajstić information content (AvgIpc) is 2.59. The predicted molar refractivity (Wildman–Crippen MR) is 99.3 cm³/mol. The second-order valence-electron chi connectivity index (χ2n) is 9.37. The lowest BCUT2D eigenvalue weighted by Gasteiger charge is -2.65. The van der Waals surface area contributed by atoms with Gasteiger partial charge in [0.05, 0.1) is 16.6 Å². The lowest BCUT2D eigenvalue weighted by atomic mass is 9.53. The van der Waals surface area contributed by atoms with Crippen molar-refractivity contribution in [2.75, 3.05) is 0 Å². The molecule has 0 radical (unpaired) electrons. The molecular formula is C21H24ClFN2O2. The minimum absolute atomic E-state index is 0.00607. The SMILES string of the molecule is CC1(C)C(=O)N(C2C3CC4CC(C3)CC2C4)N1C(=O)c1ccc(F)cc1Cl. The molecule has 1 aliphatic heterocycles. The van der Waals surface area contributed by atoms with Crippen molar-refractivity contribution in [1.82, 2.24) is 10.0 Å². The van der Waals surface area contributed by atoms with E-state index in [1.54, 1.807) is 23.9 Å². The molecule has 4 bridgehead atoms. The van der Waals surface area contributed by atoms with E-state index in [4.69, 9.17) is 11.6 Å². The zero-order valence-electron chi connectivity index (χ0n) is 15.6. The summed E-state index contributed by atoms with van der Waals surface area (Å²) >= 11 is 6.14. The van der Waals surface area contributed by atoms with Crippen molar-refractivity contribution in [3.05, 3.63) is 34.6 Å². The Morgan fingerprint density at radius 1 is 1.11 bits per heavy atom. The standard InChI is InChI=1S/C21H24ClFN2O2/c1-21(2)20(27)24(18-13-6-11-5-12(8-13)9-14(18)7-11)25(21)19(26)16-4-3-15(23)10-17(16)22/h3-4,10-14,18H,5-9H2,1-2H3. The topological polar surface area (TPSA) is 40.6 Å². The Morgan fingerprint density at radius 3 is 2.26 bits per heavy atom. The minimum Gasteiger partial charge on any atom is -0.270 e. The van der Waals surface area contributed by atoms with E-state index >= 15 is 0 Å². The van der Waals surface area contributed by atoms with Crippen LogP contribution in [0.25, 0.3) is 0 Å². The Kier molecular flexibility index (Phi) is 3.69. The summed E-state index contributed by atoms with van der Waals surface area (Å²) in [6.45, 7) is 3.55. The van der Waals surface area contributed by atoms with Crippen LogP contribution in [0.1, 0.15) is 56.3 Å². The first-order valence-electron chi connectivity index (χ1n) is 9.90. The van der Waals surface area contributed by atoms with Crippen molar-refractivity contribution < 1.29 is 14.0 Å². The Hall–Kier alpha value is -1.62. The molecule has 5 aliphatic rings. The average molecular weight is 391 g/mol. The van der Waals surface area contributed by atoms with Crippen molar-refractivity contribution in [2.45, 2.75) is 57.5 Å². The number of amides is 2. The van der Waals surface area contributed by atoms with Gasteiger partial charge in [-0.15, -0.1) is 0 Å². The molecule has 0 atom stereocenters. The fraction of sp³-hybridized carbons (Fsp3) is 0.619. The maximum atomic E-state index is 13.4. The van der Waals surface area contributed by atoms with Crippen molar-refractivity contribution in [3.8, 4) is 0 Å². The van der Waals surface area contributed by atoms with E-state index in [9.17, 15) is 14.0 Å². The van der Waals surface area contributed by atoms with Crippen LogP contribution in [0, 0.1) is 29.5 Å². The van der Waals surface area contributed by atoms with E-state index in [1.807, 2.05) is 0 Å². The van der Waals surface area contributed by atoms with E-state index in [-0.39, 0.29) is 28.4 Å². The maximum absolute atomic E-state index is 13.4. The molecule has 1 saturated heterocycles. The van der Waals surface area contributed by atoms with E-state index in [0.29, 0.717) is 11.8 Å². The van der Waals surface area contributed by atoms with Gasteiger partial charge in [0, 0.05) is 0 Å². The maximum Gasteiger partial charge on any atom is 0.274 e. The smallest absolute Gasteiger partial charge is 0.270 e. The van der Waals surface area contributed by atoms with Crippen molar-refractivity contribution >= 4 is 23.4 Å². The van der Waals surface area contributed by atoms with Gasteiger partial charge in [-0.05, 0) is 87.8 Å². The van der Waals surface area contributed by atoms with Gasteiger partial charge in [0.1, 0.15) is 11.4 Å². The Morgan fingerprint density at radius 2 is 1.70 bits per heavy atom. The fourth-order valence-electron chi connectivity index (χ4n) is 6.38. The van der Waals surface area contributed by atoms with Crippen LogP contribution >= 0.6 is 11.6 Å². The summed E-state index contributed by atoms with van der Waals surface area (Å²) in [5.41, 5.74) is -0.656. The molecule has 6 rings (SSSR count). The number of hydrazine groups is 1. The van der Waals surface area contributed by atoms with Crippen LogP contribution in [0.3, 0.4) is 0 Å². The molecule has 5 fully saturated rings. The van der Waals surface area contributed by atoms with E-state index in [1.165, 1.54) is 44.2 Å². The van der Waals surface area contributed by atoms with Gasteiger partial charge in [-0.2, -0.15) is 0 Å². The summed E-state index contributed by atoms with van der Waals surface area (Å²) in [5, 5.41) is 3.40. The summed E-state index contributed by atoms with van der Waals surface area (Å²) in [5.74, 6) is 1.77. The number of halogens is 2. The fourth-order valence-corrected chi connectivity index (χ4v) is 6.63. The van der Waals surface area contributed by atoms with Crippen molar-refractivity contribution in [2.24, 2.45) is 23.7 Å². The largest absolute Gasteiger partial charge is 0.274 e. The summed E-state index contributed by atoms with van der Waals surface area (Å²) in [4.78, 5) is 26.3. The first kappa shape index (κ1) is 17.5. The molecule has 2 amide bonds. The molecular weight excluding hydrogens is 367 g/mol. The molecule has 27 heavy (non-hydrogen) atoms. The molecule has 6 heteroatoms. The van der Waals surface area contributed by atoms with Crippen LogP contribution < -0.4 is 0 Å². The number of benzene rings is 1. The van der Waals surface area contributed by atoms with Gasteiger partial charge in [-0.25, -0.2) is 14.4 Å². The molecule has 0 unspecified atom stereocenters. The summed E-state index contributed by atoms with van der Waals surface area (Å²) < 4.78 is 13.4. The molecule has 0 N–H and O–H groups in total. The molecule has 4 saturated carbocycles. The Bertz CT molecular complexity index is 811. The van der Waals surface area contributed by atoms with E-state index in [0.717, 1.165) is 17.9 Å². The first-order valence-corrected chi connectivity index (χ1v) is 10.3. The van der Waals surface area contributed by atoms with Crippen LogP contribution in [-0.4, -0.2) is 33.4 Å². The minimum atomic E-state index is -0.899. The molecule has 0 spiro atoms. The molecule has 1 heterocycles.